The predicted molar refractivity (Wildman–Crippen MR) is 102 cm³/mol. The maximum Gasteiger partial charge on any atom is 0.225 e. The molecule has 142 valence electrons. The molecule has 3 rings (SSSR count). The van der Waals surface area contributed by atoms with E-state index in [9.17, 15) is 9.59 Å². The minimum Gasteiger partial charge on any atom is -0.497 e. The van der Waals surface area contributed by atoms with Crippen molar-refractivity contribution in [2.45, 2.75) is 32.4 Å². The Hall–Kier alpha value is -2.89. The molecule has 2 heterocycles. The van der Waals surface area contributed by atoms with Crippen LogP contribution in [0.4, 0.5) is 0 Å². The van der Waals surface area contributed by atoms with Crippen molar-refractivity contribution >= 4 is 11.8 Å². The first kappa shape index (κ1) is 18.9. The molecule has 1 aliphatic heterocycles. The van der Waals surface area contributed by atoms with Crippen LogP contribution in [0.2, 0.25) is 0 Å². The molecule has 1 aromatic carbocycles. The standard InChI is InChI=1S/C21H25N3O3/c1-3-24-19(25)10-9-18(20(24)16-7-4-8-17(12-16)27-2)21(26)23-14-15-6-5-11-22-13-15/h4-8,11-13,18,20H,3,9-10,14H2,1-2H3,(H,23,26)/t18-,20+/m1/s1. The Labute approximate surface area is 159 Å². The number of pyridine rings is 1. The van der Waals surface area contributed by atoms with Crippen LogP contribution < -0.4 is 10.1 Å². The number of benzene rings is 1. The third-order valence-corrected chi connectivity index (χ3v) is 5.01. The third-order valence-electron chi connectivity index (χ3n) is 5.01. The van der Waals surface area contributed by atoms with Gasteiger partial charge in [-0.3, -0.25) is 14.6 Å². The second-order valence-electron chi connectivity index (χ2n) is 6.63. The highest BCUT2D eigenvalue weighted by atomic mass is 16.5. The highest BCUT2D eigenvalue weighted by Gasteiger charge is 2.39. The Balaban J connectivity index is 1.84. The zero-order valence-electron chi connectivity index (χ0n) is 15.7. The number of methoxy groups -OCH3 is 1. The van der Waals surface area contributed by atoms with Gasteiger partial charge in [-0.05, 0) is 42.7 Å². The molecule has 0 aliphatic carbocycles. The summed E-state index contributed by atoms with van der Waals surface area (Å²) in [5, 5.41) is 3.01. The lowest BCUT2D eigenvalue weighted by molar-refractivity contribution is -0.143. The normalized spacial score (nSPS) is 19.6. The van der Waals surface area contributed by atoms with Crippen molar-refractivity contribution < 1.29 is 14.3 Å². The minimum absolute atomic E-state index is 0.0439. The van der Waals surface area contributed by atoms with Crippen molar-refractivity contribution in [1.29, 1.82) is 0 Å². The molecule has 0 bridgehead atoms. The lowest BCUT2D eigenvalue weighted by atomic mass is 9.83. The van der Waals surface area contributed by atoms with Crippen LogP contribution in [0.25, 0.3) is 0 Å². The number of amides is 2. The molecule has 6 heteroatoms. The van der Waals surface area contributed by atoms with Crippen molar-refractivity contribution in [3.63, 3.8) is 0 Å². The van der Waals surface area contributed by atoms with Gasteiger partial charge in [0.15, 0.2) is 0 Å². The molecule has 1 saturated heterocycles. The van der Waals surface area contributed by atoms with Gasteiger partial charge in [0.1, 0.15) is 5.75 Å². The smallest absolute Gasteiger partial charge is 0.225 e. The van der Waals surface area contributed by atoms with Gasteiger partial charge < -0.3 is 15.0 Å². The number of carbonyl (C=O) groups is 2. The first-order chi connectivity index (χ1) is 13.1. The Morgan fingerprint density at radius 1 is 1.33 bits per heavy atom. The van der Waals surface area contributed by atoms with Gasteiger partial charge in [-0.15, -0.1) is 0 Å². The lowest BCUT2D eigenvalue weighted by Gasteiger charge is -2.40. The number of rotatable bonds is 6. The van der Waals surface area contributed by atoms with Gasteiger partial charge in [-0.25, -0.2) is 0 Å². The van der Waals surface area contributed by atoms with E-state index in [1.54, 1.807) is 24.4 Å². The van der Waals surface area contributed by atoms with Crippen LogP contribution in [0.1, 0.15) is 36.9 Å². The van der Waals surface area contributed by atoms with Crippen molar-refractivity contribution in [2.24, 2.45) is 5.92 Å². The Morgan fingerprint density at radius 2 is 2.19 bits per heavy atom. The molecule has 0 spiro atoms. The molecule has 1 aromatic heterocycles. The molecule has 0 saturated carbocycles. The van der Waals surface area contributed by atoms with Gasteiger partial charge in [0.05, 0.1) is 19.1 Å². The average Bonchev–Trinajstić information content (AvgIpc) is 2.72. The average molecular weight is 367 g/mol. The number of hydrogen-bond donors (Lipinski definition) is 1. The molecule has 1 N–H and O–H groups in total. The summed E-state index contributed by atoms with van der Waals surface area (Å²) in [6, 6.07) is 11.1. The Kier molecular flexibility index (Phi) is 6.06. The number of carbonyl (C=O) groups excluding carboxylic acids is 2. The van der Waals surface area contributed by atoms with Crippen LogP contribution in [0.15, 0.2) is 48.8 Å². The molecule has 27 heavy (non-hydrogen) atoms. The summed E-state index contributed by atoms with van der Waals surface area (Å²) in [6.07, 6.45) is 4.37. The Morgan fingerprint density at radius 3 is 2.89 bits per heavy atom. The summed E-state index contributed by atoms with van der Waals surface area (Å²) in [7, 11) is 1.61. The van der Waals surface area contributed by atoms with Crippen LogP contribution in [0.5, 0.6) is 5.75 Å². The number of aromatic nitrogens is 1. The molecule has 0 radical (unpaired) electrons. The summed E-state index contributed by atoms with van der Waals surface area (Å²) in [6.45, 7) is 2.93. The summed E-state index contributed by atoms with van der Waals surface area (Å²) < 4.78 is 5.33. The van der Waals surface area contributed by atoms with E-state index in [-0.39, 0.29) is 23.8 Å². The van der Waals surface area contributed by atoms with E-state index >= 15 is 0 Å². The van der Waals surface area contributed by atoms with Crippen LogP contribution in [0.3, 0.4) is 0 Å². The fraction of sp³-hybridized carbons (Fsp3) is 0.381. The number of nitrogens with zero attached hydrogens (tertiary/aromatic N) is 2. The third kappa shape index (κ3) is 4.27. The van der Waals surface area contributed by atoms with Gasteiger partial charge >= 0.3 is 0 Å². The van der Waals surface area contributed by atoms with Gasteiger partial charge in [-0.1, -0.05) is 18.2 Å². The molecule has 1 aliphatic rings. The van der Waals surface area contributed by atoms with Crippen molar-refractivity contribution in [3.8, 4) is 5.75 Å². The maximum atomic E-state index is 13.0. The van der Waals surface area contributed by atoms with E-state index in [1.165, 1.54) is 0 Å². The first-order valence-corrected chi connectivity index (χ1v) is 9.24. The van der Waals surface area contributed by atoms with Crippen LogP contribution in [0, 0.1) is 5.92 Å². The summed E-state index contributed by atoms with van der Waals surface area (Å²) in [5.74, 6) is 0.460. The van der Waals surface area contributed by atoms with Gasteiger partial charge in [0, 0.05) is 31.9 Å². The molecular formula is C21H25N3O3. The van der Waals surface area contributed by atoms with Crippen molar-refractivity contribution in [3.05, 3.63) is 59.9 Å². The van der Waals surface area contributed by atoms with Crippen molar-refractivity contribution in [1.82, 2.24) is 15.2 Å². The van der Waals surface area contributed by atoms with E-state index in [4.69, 9.17) is 4.74 Å². The van der Waals surface area contributed by atoms with E-state index in [1.807, 2.05) is 43.3 Å². The SMILES string of the molecule is CCN1C(=O)CC[C@@H](C(=O)NCc2cccnc2)[C@@H]1c1cccc(OC)c1. The van der Waals surface area contributed by atoms with Crippen LogP contribution in [-0.4, -0.2) is 35.4 Å². The predicted octanol–water partition coefficient (Wildman–Crippen LogP) is 2.71. The lowest BCUT2D eigenvalue weighted by Crippen LogP contribution is -2.47. The largest absolute Gasteiger partial charge is 0.497 e. The highest BCUT2D eigenvalue weighted by molar-refractivity contribution is 5.85. The summed E-state index contributed by atoms with van der Waals surface area (Å²) >= 11 is 0. The van der Waals surface area contributed by atoms with Crippen LogP contribution >= 0.6 is 0 Å². The highest BCUT2D eigenvalue weighted by Crippen LogP contribution is 2.37. The number of piperidine rings is 1. The molecule has 2 atom stereocenters. The quantitative estimate of drug-likeness (QED) is 0.852. The zero-order chi connectivity index (χ0) is 19.2. The van der Waals surface area contributed by atoms with Crippen molar-refractivity contribution in [2.75, 3.05) is 13.7 Å². The number of nitrogens with one attached hydrogen (secondary N) is 1. The molecule has 2 amide bonds. The fourth-order valence-electron chi connectivity index (χ4n) is 3.66. The zero-order valence-corrected chi connectivity index (χ0v) is 15.7. The second-order valence-corrected chi connectivity index (χ2v) is 6.63. The summed E-state index contributed by atoms with van der Waals surface area (Å²) in [5.41, 5.74) is 1.87. The van der Waals surface area contributed by atoms with Crippen LogP contribution in [-0.2, 0) is 16.1 Å². The number of hydrogen-bond acceptors (Lipinski definition) is 4. The number of likely N-dealkylation sites (tertiary alicyclic amines) is 1. The summed E-state index contributed by atoms with van der Waals surface area (Å²) in [4.78, 5) is 31.3. The fourth-order valence-corrected chi connectivity index (χ4v) is 3.66. The van der Waals surface area contributed by atoms with E-state index in [0.717, 1.165) is 16.9 Å². The maximum absolute atomic E-state index is 13.0. The number of ether oxygens (including phenoxy) is 1. The van der Waals surface area contributed by atoms with Gasteiger partial charge in [0.25, 0.3) is 0 Å². The molecule has 0 unspecified atom stereocenters. The molecular weight excluding hydrogens is 342 g/mol. The molecule has 6 nitrogen and oxygen atoms in total. The van der Waals surface area contributed by atoms with Gasteiger partial charge in [0.2, 0.25) is 11.8 Å². The Bertz CT molecular complexity index is 794. The van der Waals surface area contributed by atoms with E-state index in [2.05, 4.69) is 10.3 Å². The first-order valence-electron chi connectivity index (χ1n) is 9.24. The van der Waals surface area contributed by atoms with E-state index < -0.39 is 0 Å². The topological polar surface area (TPSA) is 71.5 Å². The second kappa shape index (κ2) is 8.66. The van der Waals surface area contributed by atoms with Gasteiger partial charge in [-0.2, -0.15) is 0 Å². The molecule has 2 aromatic rings. The minimum atomic E-state index is -0.300. The molecule has 1 fully saturated rings. The monoisotopic (exact) mass is 367 g/mol. The van der Waals surface area contributed by atoms with E-state index in [0.29, 0.717) is 25.9 Å².